The summed E-state index contributed by atoms with van der Waals surface area (Å²) in [5, 5.41) is 3.48. The highest BCUT2D eigenvalue weighted by atomic mass is 35.5. The van der Waals surface area contributed by atoms with Crippen LogP contribution in [0.5, 0.6) is 5.75 Å². The number of carbonyl (C=O) groups excluding carboxylic acids is 1. The van der Waals surface area contributed by atoms with E-state index in [1.807, 2.05) is 24.3 Å². The number of carbonyl (C=O) groups is 1. The zero-order valence-corrected chi connectivity index (χ0v) is 13.7. The van der Waals surface area contributed by atoms with Crippen molar-refractivity contribution in [2.24, 2.45) is 0 Å². The van der Waals surface area contributed by atoms with E-state index in [1.54, 1.807) is 22.8 Å². The first-order chi connectivity index (χ1) is 11.1. The van der Waals surface area contributed by atoms with E-state index in [0.29, 0.717) is 16.5 Å². The molecule has 0 fully saturated rings. The Morgan fingerprint density at radius 3 is 2.78 bits per heavy atom. The summed E-state index contributed by atoms with van der Waals surface area (Å²) < 4.78 is 6.73. The van der Waals surface area contributed by atoms with Gasteiger partial charge in [0.2, 0.25) is 11.2 Å². The largest absolute Gasteiger partial charge is 0.495 e. The molecule has 1 heterocycles. The highest BCUT2D eigenvalue weighted by molar-refractivity contribution is 6.32. The molecule has 3 rings (SSSR count). The van der Waals surface area contributed by atoms with Gasteiger partial charge in [0.15, 0.2) is 0 Å². The molecule has 0 spiro atoms. The summed E-state index contributed by atoms with van der Waals surface area (Å²) in [6.45, 7) is 0.0585. The lowest BCUT2D eigenvalue weighted by Gasteiger charge is -2.09. The first kappa shape index (κ1) is 15.6. The topological polar surface area (TPSA) is 56.1 Å². The fourth-order valence-electron chi connectivity index (χ4n) is 2.28. The van der Waals surface area contributed by atoms with Crippen LogP contribution in [0.25, 0.3) is 11.0 Å². The van der Waals surface area contributed by atoms with Crippen LogP contribution in [0.4, 0.5) is 5.69 Å². The number of hydrogen-bond donors (Lipinski definition) is 1. The number of para-hydroxylation sites is 2. The van der Waals surface area contributed by atoms with Gasteiger partial charge < -0.3 is 14.6 Å². The Labute approximate surface area is 142 Å². The van der Waals surface area contributed by atoms with Gasteiger partial charge in [-0.15, -0.1) is 0 Å². The smallest absolute Gasteiger partial charge is 0.244 e. The number of benzene rings is 2. The average Bonchev–Trinajstić information content (AvgIpc) is 2.83. The van der Waals surface area contributed by atoms with Crippen LogP contribution in [0.1, 0.15) is 0 Å². The van der Waals surface area contributed by atoms with E-state index in [1.165, 1.54) is 7.11 Å². The molecule has 3 aromatic rings. The van der Waals surface area contributed by atoms with E-state index in [0.717, 1.165) is 11.0 Å². The van der Waals surface area contributed by atoms with Crippen molar-refractivity contribution in [1.82, 2.24) is 9.55 Å². The molecule has 0 atom stereocenters. The van der Waals surface area contributed by atoms with E-state index in [2.05, 4.69) is 10.3 Å². The monoisotopic (exact) mass is 349 g/mol. The third kappa shape index (κ3) is 3.25. The molecular weight excluding hydrogens is 337 g/mol. The molecule has 118 valence electrons. The number of ether oxygens (including phenoxy) is 1. The maximum absolute atomic E-state index is 12.2. The molecule has 1 amide bonds. The zero-order chi connectivity index (χ0) is 16.4. The number of fused-ring (bicyclic) bond motifs is 1. The minimum atomic E-state index is -0.226. The molecule has 23 heavy (non-hydrogen) atoms. The molecule has 1 aromatic heterocycles. The average molecular weight is 350 g/mol. The van der Waals surface area contributed by atoms with Crippen LogP contribution < -0.4 is 10.1 Å². The van der Waals surface area contributed by atoms with Gasteiger partial charge in [0.05, 0.1) is 23.2 Å². The number of nitrogens with one attached hydrogen (secondary N) is 1. The van der Waals surface area contributed by atoms with Crippen molar-refractivity contribution in [3.63, 3.8) is 0 Å². The van der Waals surface area contributed by atoms with Gasteiger partial charge in [0.25, 0.3) is 0 Å². The van der Waals surface area contributed by atoms with Crippen molar-refractivity contribution in [2.75, 3.05) is 12.4 Å². The lowest BCUT2D eigenvalue weighted by atomic mass is 10.3. The summed E-state index contributed by atoms with van der Waals surface area (Å²) in [5.41, 5.74) is 2.14. The number of rotatable bonds is 4. The normalized spacial score (nSPS) is 10.7. The molecule has 0 aliphatic rings. The Bertz CT molecular complexity index is 877. The Morgan fingerprint density at radius 1 is 1.26 bits per heavy atom. The molecule has 7 heteroatoms. The van der Waals surface area contributed by atoms with Gasteiger partial charge in [-0.05, 0) is 41.9 Å². The fourth-order valence-corrected chi connectivity index (χ4v) is 2.78. The molecule has 2 aromatic carbocycles. The second kappa shape index (κ2) is 6.48. The Hall–Kier alpha value is -2.24. The Kier molecular flexibility index (Phi) is 4.41. The number of nitrogens with zero attached hydrogens (tertiary/aromatic N) is 2. The third-order valence-corrected chi connectivity index (χ3v) is 3.93. The van der Waals surface area contributed by atoms with Gasteiger partial charge in [0, 0.05) is 5.69 Å². The van der Waals surface area contributed by atoms with Crippen molar-refractivity contribution in [1.29, 1.82) is 0 Å². The van der Waals surface area contributed by atoms with Crippen LogP contribution in [0.3, 0.4) is 0 Å². The van der Waals surface area contributed by atoms with Gasteiger partial charge in [-0.1, -0.05) is 23.7 Å². The summed E-state index contributed by atoms with van der Waals surface area (Å²) >= 11 is 12.2. The predicted molar refractivity (Wildman–Crippen MR) is 91.4 cm³/mol. The van der Waals surface area contributed by atoms with Gasteiger partial charge in [-0.25, -0.2) is 4.98 Å². The summed E-state index contributed by atoms with van der Waals surface area (Å²) in [7, 11) is 1.53. The molecule has 5 nitrogen and oxygen atoms in total. The predicted octanol–water partition coefficient (Wildman–Crippen LogP) is 3.99. The SMILES string of the molecule is COc1ccc(NC(=O)Cn2c(Cl)nc3ccccc32)cc1Cl. The van der Waals surface area contributed by atoms with E-state index in [9.17, 15) is 4.79 Å². The number of halogens is 2. The van der Waals surface area contributed by atoms with E-state index in [-0.39, 0.29) is 17.7 Å². The highest BCUT2D eigenvalue weighted by Gasteiger charge is 2.12. The van der Waals surface area contributed by atoms with Crippen LogP contribution in [-0.2, 0) is 11.3 Å². The maximum atomic E-state index is 12.2. The molecule has 0 aliphatic heterocycles. The van der Waals surface area contributed by atoms with Crippen LogP contribution >= 0.6 is 23.2 Å². The number of hydrogen-bond acceptors (Lipinski definition) is 3. The molecule has 0 aliphatic carbocycles. The Morgan fingerprint density at radius 2 is 2.04 bits per heavy atom. The zero-order valence-electron chi connectivity index (χ0n) is 12.2. The first-order valence-electron chi connectivity index (χ1n) is 6.82. The fraction of sp³-hybridized carbons (Fsp3) is 0.125. The number of methoxy groups -OCH3 is 1. The van der Waals surface area contributed by atoms with Crippen molar-refractivity contribution in [3.8, 4) is 5.75 Å². The van der Waals surface area contributed by atoms with Crippen LogP contribution in [0.2, 0.25) is 10.3 Å². The van der Waals surface area contributed by atoms with E-state index in [4.69, 9.17) is 27.9 Å². The summed E-state index contributed by atoms with van der Waals surface area (Å²) in [6, 6.07) is 12.5. The van der Waals surface area contributed by atoms with Gasteiger partial charge >= 0.3 is 0 Å². The van der Waals surface area contributed by atoms with Crippen molar-refractivity contribution in [3.05, 3.63) is 52.8 Å². The molecule has 0 saturated carbocycles. The number of aromatic nitrogens is 2. The molecule has 0 radical (unpaired) electrons. The molecule has 0 unspecified atom stereocenters. The summed E-state index contributed by atoms with van der Waals surface area (Å²) in [4.78, 5) is 16.5. The van der Waals surface area contributed by atoms with Crippen LogP contribution in [0, 0.1) is 0 Å². The van der Waals surface area contributed by atoms with Crippen LogP contribution in [-0.4, -0.2) is 22.6 Å². The summed E-state index contributed by atoms with van der Waals surface area (Å²) in [5.74, 6) is 0.324. The Balaban J connectivity index is 1.79. The van der Waals surface area contributed by atoms with Crippen molar-refractivity contribution >= 4 is 45.8 Å². The molecule has 0 bridgehead atoms. The standard InChI is InChI=1S/C16H13Cl2N3O2/c1-23-14-7-6-10(8-11(14)17)19-15(22)9-21-13-5-3-2-4-12(13)20-16(21)18/h2-8H,9H2,1H3,(H,19,22). The minimum Gasteiger partial charge on any atom is -0.495 e. The number of amides is 1. The molecular formula is C16H13Cl2N3O2. The summed E-state index contributed by atoms with van der Waals surface area (Å²) in [6.07, 6.45) is 0. The minimum absolute atomic E-state index is 0.0585. The quantitative estimate of drug-likeness (QED) is 0.774. The molecule has 0 saturated heterocycles. The first-order valence-corrected chi connectivity index (χ1v) is 7.58. The van der Waals surface area contributed by atoms with Gasteiger partial charge in [-0.3, -0.25) is 4.79 Å². The van der Waals surface area contributed by atoms with Crippen molar-refractivity contribution in [2.45, 2.75) is 6.54 Å². The van der Waals surface area contributed by atoms with Crippen LogP contribution in [0.15, 0.2) is 42.5 Å². The van der Waals surface area contributed by atoms with E-state index >= 15 is 0 Å². The highest BCUT2D eigenvalue weighted by Crippen LogP contribution is 2.27. The van der Waals surface area contributed by atoms with E-state index < -0.39 is 0 Å². The van der Waals surface area contributed by atoms with Gasteiger partial charge in [0.1, 0.15) is 12.3 Å². The van der Waals surface area contributed by atoms with Gasteiger partial charge in [-0.2, -0.15) is 0 Å². The molecule has 1 N–H and O–H groups in total. The number of imidazole rings is 1. The third-order valence-electron chi connectivity index (χ3n) is 3.35. The number of anilines is 1. The maximum Gasteiger partial charge on any atom is 0.244 e. The lowest BCUT2D eigenvalue weighted by Crippen LogP contribution is -2.18. The second-order valence-corrected chi connectivity index (χ2v) is 5.60. The second-order valence-electron chi connectivity index (χ2n) is 4.85. The lowest BCUT2D eigenvalue weighted by molar-refractivity contribution is -0.116. The van der Waals surface area contributed by atoms with Crippen molar-refractivity contribution < 1.29 is 9.53 Å².